The van der Waals surface area contributed by atoms with E-state index in [-0.39, 0.29) is 12.8 Å². The highest BCUT2D eigenvalue weighted by Gasteiger charge is 2.51. The Morgan fingerprint density at radius 1 is 0.508 bits per heavy atom. The minimum absolute atomic E-state index is 0.0448. The summed E-state index contributed by atoms with van der Waals surface area (Å²) in [5, 5.41) is 50.2. The van der Waals surface area contributed by atoms with Crippen molar-refractivity contribution in [1.82, 2.24) is 0 Å². The molecule has 1 fully saturated rings. The number of rotatable bonds is 40. The molecule has 6 unspecified atom stereocenters. The van der Waals surface area contributed by atoms with Crippen LogP contribution in [0.4, 0.5) is 0 Å². The summed E-state index contributed by atoms with van der Waals surface area (Å²) in [6.45, 7) is 3.17. The fraction of sp³-hybridized carbons (Fsp3) is 0.796. The predicted octanol–water partition coefficient (Wildman–Crippen LogP) is 9.95. The number of phosphoric acid groups is 1. The monoisotopic (exact) mass is 915 g/mol. The van der Waals surface area contributed by atoms with E-state index in [0.29, 0.717) is 12.8 Å². The summed E-state index contributed by atoms with van der Waals surface area (Å²) in [6, 6.07) is 0. The number of aliphatic hydroxyl groups is 5. The lowest BCUT2D eigenvalue weighted by molar-refractivity contribution is -0.220. The molecule has 0 aliphatic heterocycles. The van der Waals surface area contributed by atoms with Crippen LogP contribution >= 0.6 is 7.82 Å². The average molecular weight is 915 g/mol. The van der Waals surface area contributed by atoms with Crippen molar-refractivity contribution in [3.8, 4) is 0 Å². The van der Waals surface area contributed by atoms with Gasteiger partial charge in [0.1, 0.15) is 43.2 Å². The minimum Gasteiger partial charge on any atom is -0.462 e. The van der Waals surface area contributed by atoms with Gasteiger partial charge >= 0.3 is 19.8 Å². The third-order valence-corrected chi connectivity index (χ3v) is 12.2. The molecule has 0 bridgehead atoms. The second-order valence-electron chi connectivity index (χ2n) is 16.9. The van der Waals surface area contributed by atoms with Crippen LogP contribution in [0.15, 0.2) is 48.6 Å². The topological polar surface area (TPSA) is 210 Å². The largest absolute Gasteiger partial charge is 0.472 e. The highest BCUT2D eigenvalue weighted by atomic mass is 31.2. The lowest BCUT2D eigenvalue weighted by Crippen LogP contribution is -2.64. The fourth-order valence-electron chi connectivity index (χ4n) is 7.28. The van der Waals surface area contributed by atoms with Crippen LogP contribution in [0.1, 0.15) is 194 Å². The Kier molecular flexibility index (Phi) is 36.4. The SMILES string of the molecule is CC/C=C\C/C=C\C/C=C\C/C=C\CCCCC(=O)O[C@H](COC(=O)CCCCCCCCCCCCCCCCCCCCC)COP(=O)(O)OC1C(O)C(O)C(O)[C@@H](O)C1O. The number of carbonyl (C=O) groups excluding carboxylic acids is 2. The Bertz CT molecular complexity index is 1290. The van der Waals surface area contributed by atoms with Crippen LogP contribution in [-0.4, -0.2) is 98.3 Å². The van der Waals surface area contributed by atoms with E-state index in [0.717, 1.165) is 57.8 Å². The van der Waals surface area contributed by atoms with Crippen molar-refractivity contribution in [2.24, 2.45) is 0 Å². The molecule has 0 saturated heterocycles. The first-order chi connectivity index (χ1) is 30.4. The van der Waals surface area contributed by atoms with E-state index < -0.39 is 75.7 Å². The standard InChI is InChI=1S/C49H87O13P/c1-3-5-7-9-11-13-15-17-19-20-21-22-24-25-27-29-31-33-35-37-42(50)59-39-41(40-60-63(57,58)62-49-47(55)45(53)44(52)46(54)48(49)56)61-43(51)38-36-34-32-30-28-26-23-18-16-14-12-10-8-6-4-2/h6,8,12,14,18,23,28,30,41,44-49,52-56H,3-5,7,9-11,13,15-17,19-22,24-27,29,31-40H2,1-2H3,(H,57,58)/b8-6-,14-12-,23-18-,30-28-/t41-,44?,45-,46?,47?,48?,49?/m1/s1. The maximum absolute atomic E-state index is 12.8. The van der Waals surface area contributed by atoms with Crippen molar-refractivity contribution in [2.75, 3.05) is 13.2 Å². The summed E-state index contributed by atoms with van der Waals surface area (Å²) in [5.74, 6) is -1.14. The number of hydrogen-bond acceptors (Lipinski definition) is 12. The molecule has 14 heteroatoms. The molecule has 0 heterocycles. The third kappa shape index (κ3) is 31.4. The van der Waals surface area contributed by atoms with Crippen molar-refractivity contribution in [3.05, 3.63) is 48.6 Å². The van der Waals surface area contributed by atoms with E-state index in [4.69, 9.17) is 18.5 Å². The van der Waals surface area contributed by atoms with Crippen molar-refractivity contribution in [2.45, 2.75) is 236 Å². The van der Waals surface area contributed by atoms with Gasteiger partial charge in [-0.2, -0.15) is 0 Å². The smallest absolute Gasteiger partial charge is 0.462 e. The highest BCUT2D eigenvalue weighted by Crippen LogP contribution is 2.47. The lowest BCUT2D eigenvalue weighted by Gasteiger charge is -2.41. The van der Waals surface area contributed by atoms with Gasteiger partial charge in [-0.15, -0.1) is 0 Å². The first-order valence-corrected chi connectivity index (χ1v) is 25.9. The molecular weight excluding hydrogens is 828 g/mol. The van der Waals surface area contributed by atoms with Gasteiger partial charge in [-0.1, -0.05) is 178 Å². The van der Waals surface area contributed by atoms with Crippen molar-refractivity contribution in [3.63, 3.8) is 0 Å². The summed E-state index contributed by atoms with van der Waals surface area (Å²) in [5.41, 5.74) is 0. The molecule has 63 heavy (non-hydrogen) atoms. The Hall–Kier alpha value is -2.19. The Morgan fingerprint density at radius 2 is 0.905 bits per heavy atom. The van der Waals surface area contributed by atoms with Gasteiger partial charge in [0.15, 0.2) is 6.10 Å². The molecule has 0 radical (unpaired) electrons. The Morgan fingerprint density at radius 3 is 1.38 bits per heavy atom. The number of esters is 2. The molecule has 1 aliphatic rings. The number of aliphatic hydroxyl groups excluding tert-OH is 5. The molecule has 0 amide bonds. The quantitative estimate of drug-likeness (QED) is 0.0147. The fourth-order valence-corrected chi connectivity index (χ4v) is 8.25. The normalized spacial score (nSPS) is 22.1. The summed E-state index contributed by atoms with van der Waals surface area (Å²) in [6.07, 6.45) is 33.1. The number of unbranched alkanes of at least 4 members (excludes halogenated alkanes) is 20. The van der Waals surface area contributed by atoms with Crippen LogP contribution in [0.5, 0.6) is 0 Å². The van der Waals surface area contributed by atoms with Gasteiger partial charge in [0, 0.05) is 12.8 Å². The molecule has 0 aromatic heterocycles. The predicted molar refractivity (Wildman–Crippen MR) is 249 cm³/mol. The lowest BCUT2D eigenvalue weighted by atomic mass is 9.85. The van der Waals surface area contributed by atoms with Crippen LogP contribution in [0.25, 0.3) is 0 Å². The molecule has 6 N–H and O–H groups in total. The zero-order valence-electron chi connectivity index (χ0n) is 38.9. The molecule has 0 aromatic carbocycles. The van der Waals surface area contributed by atoms with Gasteiger partial charge < -0.3 is 39.9 Å². The van der Waals surface area contributed by atoms with Gasteiger partial charge in [0.05, 0.1) is 6.61 Å². The second kappa shape index (κ2) is 39.0. The van der Waals surface area contributed by atoms with E-state index in [1.807, 2.05) is 0 Å². The van der Waals surface area contributed by atoms with E-state index in [9.17, 15) is 44.6 Å². The summed E-state index contributed by atoms with van der Waals surface area (Å²) in [7, 11) is -5.13. The molecule has 366 valence electrons. The van der Waals surface area contributed by atoms with Crippen LogP contribution < -0.4 is 0 Å². The molecule has 8 atom stereocenters. The summed E-state index contributed by atoms with van der Waals surface area (Å²) in [4.78, 5) is 35.7. The third-order valence-electron chi connectivity index (χ3n) is 11.2. The highest BCUT2D eigenvalue weighted by molar-refractivity contribution is 7.47. The maximum Gasteiger partial charge on any atom is 0.472 e. The zero-order chi connectivity index (χ0) is 46.4. The van der Waals surface area contributed by atoms with Crippen LogP contribution in [0.2, 0.25) is 0 Å². The molecule has 0 spiro atoms. The number of allylic oxidation sites excluding steroid dienone is 8. The molecule has 1 saturated carbocycles. The van der Waals surface area contributed by atoms with Gasteiger partial charge in [0.2, 0.25) is 0 Å². The maximum atomic E-state index is 12.8. The van der Waals surface area contributed by atoms with E-state index in [1.165, 1.54) is 96.3 Å². The molecule has 1 aliphatic carbocycles. The zero-order valence-corrected chi connectivity index (χ0v) is 39.8. The van der Waals surface area contributed by atoms with Crippen molar-refractivity contribution < 1.29 is 63.1 Å². The Labute approximate surface area is 380 Å². The van der Waals surface area contributed by atoms with Crippen molar-refractivity contribution >= 4 is 19.8 Å². The number of carbonyl (C=O) groups is 2. The summed E-state index contributed by atoms with van der Waals surface area (Å²) >= 11 is 0. The van der Waals surface area contributed by atoms with Gasteiger partial charge in [-0.3, -0.25) is 18.6 Å². The van der Waals surface area contributed by atoms with E-state index in [1.54, 1.807) is 0 Å². The number of phosphoric ester groups is 1. The second-order valence-corrected chi connectivity index (χ2v) is 18.3. The van der Waals surface area contributed by atoms with Gasteiger partial charge in [0.25, 0.3) is 0 Å². The van der Waals surface area contributed by atoms with Gasteiger partial charge in [-0.05, 0) is 51.4 Å². The summed E-state index contributed by atoms with van der Waals surface area (Å²) < 4.78 is 33.5. The number of ether oxygens (including phenoxy) is 2. The minimum atomic E-state index is -5.13. The first kappa shape index (κ1) is 58.8. The van der Waals surface area contributed by atoms with Gasteiger partial charge in [-0.25, -0.2) is 4.57 Å². The van der Waals surface area contributed by atoms with E-state index >= 15 is 0 Å². The number of hydrogen-bond donors (Lipinski definition) is 6. The average Bonchev–Trinajstić information content (AvgIpc) is 3.26. The Balaban J connectivity index is 2.43. The molecule has 1 rings (SSSR count). The van der Waals surface area contributed by atoms with Crippen LogP contribution in [0, 0.1) is 0 Å². The van der Waals surface area contributed by atoms with Crippen LogP contribution in [-0.2, 0) is 32.7 Å². The molecular formula is C49H87O13P. The van der Waals surface area contributed by atoms with Crippen molar-refractivity contribution in [1.29, 1.82) is 0 Å². The molecule has 13 nitrogen and oxygen atoms in total. The molecule has 0 aromatic rings. The first-order valence-electron chi connectivity index (χ1n) is 24.4. The van der Waals surface area contributed by atoms with Crippen LogP contribution in [0.3, 0.4) is 0 Å². The van der Waals surface area contributed by atoms with E-state index in [2.05, 4.69) is 62.5 Å².